The van der Waals surface area contributed by atoms with Crippen molar-refractivity contribution in [1.82, 2.24) is 9.80 Å². The molecule has 0 amide bonds. The summed E-state index contributed by atoms with van der Waals surface area (Å²) in [5.41, 5.74) is 5.02. The van der Waals surface area contributed by atoms with Gasteiger partial charge in [0, 0.05) is 45.4 Å². The van der Waals surface area contributed by atoms with Gasteiger partial charge in [0.1, 0.15) is 5.75 Å². The van der Waals surface area contributed by atoms with Crippen molar-refractivity contribution in [2.45, 2.75) is 39.4 Å². The standard InChI is InChI=1S/C25H36N2O4/c1-18-19(2)23(29-3)9-7-21(18)16-27-12-11-26(17-22(27)10-13-28)15-20-6-8-24(30-4)25(14-20)31-5/h6-9,14,22,28H,10-13,15-17H2,1-5H3/t22-/m0/s1. The van der Waals surface area contributed by atoms with Crippen LogP contribution in [0.3, 0.4) is 0 Å². The average Bonchev–Trinajstić information content (AvgIpc) is 2.78. The fourth-order valence-electron chi connectivity index (χ4n) is 4.43. The maximum absolute atomic E-state index is 9.68. The summed E-state index contributed by atoms with van der Waals surface area (Å²) in [7, 11) is 5.04. The molecule has 0 aliphatic carbocycles. The van der Waals surface area contributed by atoms with Gasteiger partial charge < -0.3 is 19.3 Å². The van der Waals surface area contributed by atoms with Gasteiger partial charge in [-0.05, 0) is 60.7 Å². The molecule has 6 heteroatoms. The van der Waals surface area contributed by atoms with Crippen LogP contribution in [-0.2, 0) is 13.1 Å². The Morgan fingerprint density at radius 2 is 1.58 bits per heavy atom. The summed E-state index contributed by atoms with van der Waals surface area (Å²) in [5.74, 6) is 2.45. The van der Waals surface area contributed by atoms with Crippen LogP contribution in [0.5, 0.6) is 17.2 Å². The second-order valence-electron chi connectivity index (χ2n) is 8.24. The van der Waals surface area contributed by atoms with Crippen molar-refractivity contribution in [2.75, 3.05) is 47.6 Å². The Hall–Kier alpha value is -2.28. The molecule has 0 unspecified atom stereocenters. The Morgan fingerprint density at radius 1 is 0.871 bits per heavy atom. The Kier molecular flexibility index (Phi) is 8.18. The van der Waals surface area contributed by atoms with Gasteiger partial charge in [-0.3, -0.25) is 9.80 Å². The molecule has 0 aromatic heterocycles. The van der Waals surface area contributed by atoms with Crippen LogP contribution in [0.2, 0.25) is 0 Å². The molecule has 0 radical (unpaired) electrons. The van der Waals surface area contributed by atoms with Crippen LogP contribution in [0.1, 0.15) is 28.7 Å². The Balaban J connectivity index is 1.69. The minimum Gasteiger partial charge on any atom is -0.496 e. The van der Waals surface area contributed by atoms with Gasteiger partial charge >= 0.3 is 0 Å². The van der Waals surface area contributed by atoms with Gasteiger partial charge in [0.05, 0.1) is 21.3 Å². The van der Waals surface area contributed by atoms with Crippen molar-refractivity contribution in [3.05, 3.63) is 52.6 Å². The third-order valence-corrected chi connectivity index (χ3v) is 6.45. The number of hydrogen-bond acceptors (Lipinski definition) is 6. The minimum atomic E-state index is 0.200. The van der Waals surface area contributed by atoms with E-state index in [1.165, 1.54) is 22.3 Å². The molecule has 0 spiro atoms. The first-order valence-corrected chi connectivity index (χ1v) is 10.9. The summed E-state index contributed by atoms with van der Waals surface area (Å²) in [6.07, 6.45) is 0.774. The third kappa shape index (κ3) is 5.50. The second-order valence-corrected chi connectivity index (χ2v) is 8.24. The number of nitrogens with zero attached hydrogens (tertiary/aromatic N) is 2. The fraction of sp³-hybridized carbons (Fsp3) is 0.520. The van der Waals surface area contributed by atoms with E-state index in [9.17, 15) is 5.11 Å². The molecule has 2 aromatic carbocycles. The van der Waals surface area contributed by atoms with Gasteiger partial charge in [0.15, 0.2) is 11.5 Å². The lowest BCUT2D eigenvalue weighted by molar-refractivity contribution is 0.0498. The number of aliphatic hydroxyl groups is 1. The SMILES string of the molecule is COc1ccc(CN2CCN(Cc3ccc(OC)c(C)c3C)[C@@H](CCO)C2)cc1OC. The molecule has 1 N–H and O–H groups in total. The van der Waals surface area contributed by atoms with E-state index >= 15 is 0 Å². The van der Waals surface area contributed by atoms with Crippen molar-refractivity contribution >= 4 is 0 Å². The van der Waals surface area contributed by atoms with Gasteiger partial charge in [0.2, 0.25) is 0 Å². The van der Waals surface area contributed by atoms with Gasteiger partial charge in [0.25, 0.3) is 0 Å². The summed E-state index contributed by atoms with van der Waals surface area (Å²) in [6.45, 7) is 9.13. The fourth-order valence-corrected chi connectivity index (χ4v) is 4.43. The monoisotopic (exact) mass is 428 g/mol. The van der Waals surface area contributed by atoms with Crippen LogP contribution in [0, 0.1) is 13.8 Å². The van der Waals surface area contributed by atoms with Crippen molar-refractivity contribution < 1.29 is 19.3 Å². The molecule has 1 saturated heterocycles. The van der Waals surface area contributed by atoms with Crippen LogP contribution in [-0.4, -0.2) is 68.5 Å². The molecule has 170 valence electrons. The molecule has 1 heterocycles. The van der Waals surface area contributed by atoms with Crippen LogP contribution >= 0.6 is 0 Å². The Bertz CT molecular complexity index is 871. The zero-order valence-corrected chi connectivity index (χ0v) is 19.5. The highest BCUT2D eigenvalue weighted by Crippen LogP contribution is 2.29. The zero-order valence-electron chi connectivity index (χ0n) is 19.5. The minimum absolute atomic E-state index is 0.200. The van der Waals surface area contributed by atoms with Crippen molar-refractivity contribution in [1.29, 1.82) is 0 Å². The second kappa shape index (κ2) is 10.8. The first-order valence-electron chi connectivity index (χ1n) is 10.9. The maximum atomic E-state index is 9.68. The summed E-state index contributed by atoms with van der Waals surface area (Å²) in [4.78, 5) is 4.97. The molecule has 0 saturated carbocycles. The first kappa shape index (κ1) is 23.4. The molecule has 2 aromatic rings. The molecule has 0 bridgehead atoms. The summed E-state index contributed by atoms with van der Waals surface area (Å²) < 4.78 is 16.3. The lowest BCUT2D eigenvalue weighted by Crippen LogP contribution is -2.52. The number of benzene rings is 2. The van der Waals surface area contributed by atoms with E-state index in [1.54, 1.807) is 21.3 Å². The molecular weight excluding hydrogens is 392 g/mol. The van der Waals surface area contributed by atoms with Gasteiger partial charge in [-0.25, -0.2) is 0 Å². The molecule has 6 nitrogen and oxygen atoms in total. The Morgan fingerprint density at radius 3 is 2.26 bits per heavy atom. The smallest absolute Gasteiger partial charge is 0.161 e. The normalized spacial score (nSPS) is 17.5. The number of piperazine rings is 1. The lowest BCUT2D eigenvalue weighted by atomic mass is 10.00. The van der Waals surface area contributed by atoms with Crippen molar-refractivity contribution in [2.24, 2.45) is 0 Å². The number of ether oxygens (including phenoxy) is 3. The van der Waals surface area contributed by atoms with Gasteiger partial charge in [-0.2, -0.15) is 0 Å². The highest BCUT2D eigenvalue weighted by Gasteiger charge is 2.27. The Labute approximate surface area is 186 Å². The van der Waals surface area contributed by atoms with Crippen LogP contribution in [0.15, 0.2) is 30.3 Å². The summed E-state index contributed by atoms with van der Waals surface area (Å²) in [6, 6.07) is 10.7. The van der Waals surface area contributed by atoms with E-state index in [-0.39, 0.29) is 6.61 Å². The molecule has 1 aliphatic heterocycles. The lowest BCUT2D eigenvalue weighted by Gasteiger charge is -2.42. The highest BCUT2D eigenvalue weighted by atomic mass is 16.5. The molecule has 1 atom stereocenters. The molecule has 1 aliphatic rings. The number of rotatable bonds is 9. The predicted molar refractivity (Wildman–Crippen MR) is 123 cm³/mol. The number of hydrogen-bond donors (Lipinski definition) is 1. The molecule has 31 heavy (non-hydrogen) atoms. The van der Waals surface area contributed by atoms with Crippen molar-refractivity contribution in [3.63, 3.8) is 0 Å². The van der Waals surface area contributed by atoms with E-state index in [0.717, 1.165) is 56.4 Å². The number of aliphatic hydroxyl groups excluding tert-OH is 1. The van der Waals surface area contributed by atoms with Crippen LogP contribution < -0.4 is 14.2 Å². The summed E-state index contributed by atoms with van der Waals surface area (Å²) >= 11 is 0. The van der Waals surface area contributed by atoms with Gasteiger partial charge in [-0.1, -0.05) is 12.1 Å². The van der Waals surface area contributed by atoms with E-state index in [0.29, 0.717) is 6.04 Å². The molecule has 1 fully saturated rings. The largest absolute Gasteiger partial charge is 0.496 e. The van der Waals surface area contributed by atoms with Crippen molar-refractivity contribution in [3.8, 4) is 17.2 Å². The topological polar surface area (TPSA) is 54.4 Å². The first-order chi connectivity index (χ1) is 15.0. The van der Waals surface area contributed by atoms with E-state index < -0.39 is 0 Å². The van der Waals surface area contributed by atoms with Gasteiger partial charge in [-0.15, -0.1) is 0 Å². The third-order valence-electron chi connectivity index (χ3n) is 6.45. The quantitative estimate of drug-likeness (QED) is 0.661. The van der Waals surface area contributed by atoms with E-state index in [4.69, 9.17) is 14.2 Å². The number of methoxy groups -OCH3 is 3. The van der Waals surface area contributed by atoms with Crippen LogP contribution in [0.25, 0.3) is 0 Å². The van der Waals surface area contributed by atoms with E-state index in [2.05, 4.69) is 47.9 Å². The predicted octanol–water partition coefficient (Wildman–Crippen LogP) is 3.40. The average molecular weight is 429 g/mol. The van der Waals surface area contributed by atoms with Crippen LogP contribution in [0.4, 0.5) is 0 Å². The maximum Gasteiger partial charge on any atom is 0.161 e. The molecule has 3 rings (SSSR count). The molecular formula is C25H36N2O4. The van der Waals surface area contributed by atoms with E-state index in [1.807, 2.05) is 6.07 Å². The summed E-state index contributed by atoms with van der Waals surface area (Å²) in [5, 5.41) is 9.68. The zero-order chi connectivity index (χ0) is 22.4. The highest BCUT2D eigenvalue weighted by molar-refractivity contribution is 5.44.